The number of carbonyl (C=O) groups excluding carboxylic acids is 2. The molecule has 6 nitrogen and oxygen atoms in total. The second kappa shape index (κ2) is 9.41. The molecular weight excluding hydrogens is 445 g/mol. The van der Waals surface area contributed by atoms with E-state index in [2.05, 4.69) is 0 Å². The van der Waals surface area contributed by atoms with E-state index in [1.54, 1.807) is 37.3 Å². The fraction of sp³-hybridized carbons (Fsp3) is 0.286. The van der Waals surface area contributed by atoms with Gasteiger partial charge in [0.25, 0.3) is 5.91 Å². The molecule has 2 atom stereocenters. The van der Waals surface area contributed by atoms with E-state index in [9.17, 15) is 14.0 Å². The number of piperazine rings is 1. The van der Waals surface area contributed by atoms with Crippen molar-refractivity contribution in [3.05, 3.63) is 95.3 Å². The lowest BCUT2D eigenvalue weighted by molar-refractivity contribution is -0.134. The van der Waals surface area contributed by atoms with E-state index < -0.39 is 12.0 Å². The SMILES string of the molecule is COc1ccc([C@H]2[C@H](C(=O)N3CCN(c4ccccc4F)CC3)c3ccccc3C(=O)N2C)cc1. The number of likely N-dealkylation sites (N-methyl/N-ethyl adjacent to an activating group) is 1. The molecule has 2 aliphatic heterocycles. The van der Waals surface area contributed by atoms with E-state index in [-0.39, 0.29) is 17.6 Å². The number of nitrogens with zero attached hydrogens (tertiary/aromatic N) is 3. The van der Waals surface area contributed by atoms with Gasteiger partial charge < -0.3 is 19.4 Å². The lowest BCUT2D eigenvalue weighted by atomic mass is 9.79. The number of carbonyl (C=O) groups is 2. The van der Waals surface area contributed by atoms with Crippen molar-refractivity contribution in [2.45, 2.75) is 12.0 Å². The summed E-state index contributed by atoms with van der Waals surface area (Å²) in [5, 5.41) is 0. The predicted molar refractivity (Wildman–Crippen MR) is 132 cm³/mol. The summed E-state index contributed by atoms with van der Waals surface area (Å²) in [5.41, 5.74) is 2.74. The minimum atomic E-state index is -0.540. The van der Waals surface area contributed by atoms with Crippen LogP contribution in [0.4, 0.5) is 10.1 Å². The first-order chi connectivity index (χ1) is 17.0. The van der Waals surface area contributed by atoms with Crippen LogP contribution in [-0.4, -0.2) is 62.0 Å². The van der Waals surface area contributed by atoms with Gasteiger partial charge in [-0.3, -0.25) is 9.59 Å². The Labute approximate surface area is 204 Å². The Kier molecular flexibility index (Phi) is 6.16. The van der Waals surface area contributed by atoms with Crippen molar-refractivity contribution in [3.8, 4) is 5.75 Å². The highest BCUT2D eigenvalue weighted by Crippen LogP contribution is 2.43. The molecule has 0 N–H and O–H groups in total. The van der Waals surface area contributed by atoms with Crippen LogP contribution in [0, 0.1) is 5.82 Å². The molecule has 180 valence electrons. The lowest BCUT2D eigenvalue weighted by Gasteiger charge is -2.43. The minimum Gasteiger partial charge on any atom is -0.497 e. The number of para-hydroxylation sites is 1. The van der Waals surface area contributed by atoms with Crippen LogP contribution in [0.1, 0.15) is 33.4 Å². The Balaban J connectivity index is 1.46. The molecule has 2 aliphatic rings. The van der Waals surface area contributed by atoms with Gasteiger partial charge in [-0.15, -0.1) is 0 Å². The summed E-state index contributed by atoms with van der Waals surface area (Å²) < 4.78 is 19.6. The number of amides is 2. The van der Waals surface area contributed by atoms with Crippen LogP contribution in [-0.2, 0) is 4.79 Å². The Morgan fingerprint density at radius 1 is 0.914 bits per heavy atom. The highest BCUT2D eigenvalue weighted by Gasteiger charge is 2.44. The third-order valence-electron chi connectivity index (χ3n) is 7.09. The van der Waals surface area contributed by atoms with Gasteiger partial charge in [-0.25, -0.2) is 4.39 Å². The second-order valence-corrected chi connectivity index (χ2v) is 8.96. The molecule has 5 rings (SSSR count). The van der Waals surface area contributed by atoms with E-state index in [0.717, 1.165) is 11.1 Å². The van der Waals surface area contributed by atoms with Gasteiger partial charge in [-0.2, -0.15) is 0 Å². The first-order valence-electron chi connectivity index (χ1n) is 11.8. The number of halogens is 1. The molecule has 1 saturated heterocycles. The van der Waals surface area contributed by atoms with Gasteiger partial charge in [0.15, 0.2) is 0 Å². The summed E-state index contributed by atoms with van der Waals surface area (Å²) in [6, 6.07) is 21.2. The zero-order chi connectivity index (χ0) is 24.5. The van der Waals surface area contributed by atoms with Crippen molar-refractivity contribution in [3.63, 3.8) is 0 Å². The standard InChI is InChI=1S/C28H28FN3O3/c1-30-26(19-11-13-20(35-2)14-12-19)25(21-7-3-4-8-22(21)27(30)33)28(34)32-17-15-31(16-18-32)24-10-6-5-9-23(24)29/h3-14,25-26H,15-18H2,1-2H3/t25-,26+/m1/s1. The first-order valence-corrected chi connectivity index (χ1v) is 11.8. The monoisotopic (exact) mass is 473 g/mol. The molecule has 3 aromatic rings. The maximum atomic E-state index is 14.3. The third-order valence-corrected chi connectivity index (χ3v) is 7.09. The summed E-state index contributed by atoms with van der Waals surface area (Å²) in [6.07, 6.45) is 0. The highest BCUT2D eigenvalue weighted by molar-refractivity contribution is 6.01. The fourth-order valence-electron chi connectivity index (χ4n) is 5.23. The summed E-state index contributed by atoms with van der Waals surface area (Å²) in [6.45, 7) is 2.06. The fourth-order valence-corrected chi connectivity index (χ4v) is 5.23. The van der Waals surface area contributed by atoms with Crippen molar-refractivity contribution in [1.29, 1.82) is 0 Å². The molecule has 0 aromatic heterocycles. The average Bonchev–Trinajstić information content (AvgIpc) is 2.91. The highest BCUT2D eigenvalue weighted by atomic mass is 19.1. The van der Waals surface area contributed by atoms with Gasteiger partial charge in [0.1, 0.15) is 11.6 Å². The lowest BCUT2D eigenvalue weighted by Crippen LogP contribution is -2.53. The number of fused-ring (bicyclic) bond motifs is 1. The maximum Gasteiger partial charge on any atom is 0.254 e. The van der Waals surface area contributed by atoms with Crippen LogP contribution in [0.2, 0.25) is 0 Å². The molecule has 0 unspecified atom stereocenters. The summed E-state index contributed by atoms with van der Waals surface area (Å²) in [4.78, 5) is 32.8. The van der Waals surface area contributed by atoms with Crippen LogP contribution < -0.4 is 9.64 Å². The molecular formula is C28H28FN3O3. The number of rotatable bonds is 4. The number of ether oxygens (including phenoxy) is 1. The topological polar surface area (TPSA) is 53.1 Å². The molecule has 0 bridgehead atoms. The summed E-state index contributed by atoms with van der Waals surface area (Å²) in [5.74, 6) is -0.206. The van der Waals surface area contributed by atoms with Crippen molar-refractivity contribution >= 4 is 17.5 Å². The molecule has 0 aliphatic carbocycles. The molecule has 0 spiro atoms. The van der Waals surface area contributed by atoms with Gasteiger partial charge in [0.05, 0.1) is 24.8 Å². The largest absolute Gasteiger partial charge is 0.497 e. The molecule has 35 heavy (non-hydrogen) atoms. The Morgan fingerprint density at radius 2 is 1.57 bits per heavy atom. The van der Waals surface area contributed by atoms with Crippen molar-refractivity contribution in [2.75, 3.05) is 45.2 Å². The maximum absolute atomic E-state index is 14.3. The molecule has 1 fully saturated rings. The van der Waals surface area contributed by atoms with E-state index in [1.165, 1.54) is 6.07 Å². The van der Waals surface area contributed by atoms with Crippen LogP contribution in [0.3, 0.4) is 0 Å². The minimum absolute atomic E-state index is 0.0224. The Hall–Kier alpha value is -3.87. The van der Waals surface area contributed by atoms with Gasteiger partial charge in [0, 0.05) is 38.8 Å². The number of hydrogen-bond acceptors (Lipinski definition) is 4. The first kappa shape index (κ1) is 22.9. The summed E-state index contributed by atoms with van der Waals surface area (Å²) in [7, 11) is 3.36. The normalized spacial score (nSPS) is 20.0. The second-order valence-electron chi connectivity index (χ2n) is 8.96. The Morgan fingerprint density at radius 3 is 2.26 bits per heavy atom. The molecule has 3 aromatic carbocycles. The van der Waals surface area contributed by atoms with Crippen LogP contribution in [0.15, 0.2) is 72.8 Å². The zero-order valence-electron chi connectivity index (χ0n) is 19.9. The third kappa shape index (κ3) is 4.11. The van der Waals surface area contributed by atoms with Crippen molar-refractivity contribution < 1.29 is 18.7 Å². The van der Waals surface area contributed by atoms with Crippen molar-refractivity contribution in [2.24, 2.45) is 0 Å². The quantitative estimate of drug-likeness (QED) is 0.573. The predicted octanol–water partition coefficient (Wildman–Crippen LogP) is 4.09. The van der Waals surface area contributed by atoms with Crippen LogP contribution in [0.5, 0.6) is 5.75 Å². The van der Waals surface area contributed by atoms with Gasteiger partial charge in [0.2, 0.25) is 5.91 Å². The summed E-state index contributed by atoms with van der Waals surface area (Å²) >= 11 is 0. The molecule has 2 amide bonds. The zero-order valence-corrected chi connectivity index (χ0v) is 19.9. The molecule has 0 radical (unpaired) electrons. The van der Waals surface area contributed by atoms with E-state index in [1.807, 2.05) is 58.3 Å². The van der Waals surface area contributed by atoms with Crippen molar-refractivity contribution in [1.82, 2.24) is 9.80 Å². The smallest absolute Gasteiger partial charge is 0.254 e. The Bertz CT molecular complexity index is 1240. The van der Waals surface area contributed by atoms with E-state index in [4.69, 9.17) is 4.74 Å². The van der Waals surface area contributed by atoms with Crippen LogP contribution in [0.25, 0.3) is 0 Å². The van der Waals surface area contributed by atoms with Gasteiger partial charge in [-0.05, 0) is 41.5 Å². The van der Waals surface area contributed by atoms with E-state index in [0.29, 0.717) is 43.2 Å². The number of benzene rings is 3. The van der Waals surface area contributed by atoms with E-state index >= 15 is 0 Å². The number of hydrogen-bond donors (Lipinski definition) is 0. The van der Waals surface area contributed by atoms with Crippen LogP contribution >= 0.6 is 0 Å². The average molecular weight is 474 g/mol. The molecule has 2 heterocycles. The van der Waals surface area contributed by atoms with Gasteiger partial charge >= 0.3 is 0 Å². The molecule has 7 heteroatoms. The van der Waals surface area contributed by atoms with Gasteiger partial charge in [-0.1, -0.05) is 42.5 Å². The molecule has 0 saturated carbocycles. The number of anilines is 1. The number of methoxy groups -OCH3 is 1.